The van der Waals surface area contributed by atoms with Crippen molar-refractivity contribution in [1.29, 1.82) is 0 Å². The van der Waals surface area contributed by atoms with Crippen molar-refractivity contribution in [2.45, 2.75) is 32.2 Å². The van der Waals surface area contributed by atoms with Gasteiger partial charge in [-0.1, -0.05) is 38.8 Å². The third-order valence-corrected chi connectivity index (χ3v) is 7.11. The minimum Gasteiger partial charge on any atom is -0.310 e. The van der Waals surface area contributed by atoms with Crippen molar-refractivity contribution >= 4 is 31.9 Å². The second kappa shape index (κ2) is 5.10. The summed E-state index contributed by atoms with van der Waals surface area (Å²) in [6, 6.07) is 7.13. The van der Waals surface area contributed by atoms with Crippen LogP contribution in [0.15, 0.2) is 27.1 Å². The van der Waals surface area contributed by atoms with E-state index in [1.807, 2.05) is 0 Å². The molecule has 4 rings (SSSR count). The van der Waals surface area contributed by atoms with Crippen molar-refractivity contribution in [3.63, 3.8) is 0 Å². The van der Waals surface area contributed by atoms with E-state index in [1.54, 1.807) is 0 Å². The van der Waals surface area contributed by atoms with Gasteiger partial charge in [0.1, 0.15) is 0 Å². The average molecular weight is 399 g/mol. The van der Waals surface area contributed by atoms with Crippen molar-refractivity contribution in [2.75, 3.05) is 6.54 Å². The fourth-order valence-corrected chi connectivity index (χ4v) is 6.14. The normalized spacial score (nSPS) is 38.9. The molecular formula is C17H21Br2N. The Morgan fingerprint density at radius 3 is 2.55 bits per heavy atom. The van der Waals surface area contributed by atoms with E-state index >= 15 is 0 Å². The van der Waals surface area contributed by atoms with E-state index in [4.69, 9.17) is 0 Å². The number of nitrogens with one attached hydrogen (secondary N) is 1. The molecule has 5 unspecified atom stereocenters. The molecule has 1 N–H and O–H groups in total. The van der Waals surface area contributed by atoms with Crippen molar-refractivity contribution < 1.29 is 0 Å². The highest BCUT2D eigenvalue weighted by atomic mass is 79.9. The summed E-state index contributed by atoms with van der Waals surface area (Å²) in [6.07, 6.45) is 4.53. The highest BCUT2D eigenvalue weighted by molar-refractivity contribution is 9.11. The maximum Gasteiger partial charge on any atom is 0.0365 e. The van der Waals surface area contributed by atoms with Gasteiger partial charge in [0.05, 0.1) is 0 Å². The molecule has 108 valence electrons. The maximum atomic E-state index is 3.78. The standard InChI is InChI=1S/C17H21Br2N/c1-2-20-17(12-8-11(18)5-6-13(12)19)16-14-9-3-4-10(7-9)15(14)16/h5-6,8-10,14-17,20H,2-4,7H2,1H3. The molecule has 3 saturated carbocycles. The Balaban J connectivity index is 1.64. The Morgan fingerprint density at radius 2 is 1.90 bits per heavy atom. The number of halogens is 2. The van der Waals surface area contributed by atoms with Gasteiger partial charge in [-0.25, -0.2) is 0 Å². The van der Waals surface area contributed by atoms with E-state index in [9.17, 15) is 0 Å². The largest absolute Gasteiger partial charge is 0.310 e. The fourth-order valence-electron chi connectivity index (χ4n) is 5.26. The van der Waals surface area contributed by atoms with Crippen LogP contribution in [0, 0.1) is 29.6 Å². The van der Waals surface area contributed by atoms with Crippen LogP contribution in [0.1, 0.15) is 37.8 Å². The van der Waals surface area contributed by atoms with E-state index in [2.05, 4.69) is 62.3 Å². The second-order valence-corrected chi connectivity index (χ2v) is 8.54. The number of fused-ring (bicyclic) bond motifs is 5. The SMILES string of the molecule is CCNC(c1cc(Br)ccc1Br)C1C2C3CCC(C3)C21. The van der Waals surface area contributed by atoms with E-state index in [0.717, 1.165) is 36.1 Å². The van der Waals surface area contributed by atoms with Crippen LogP contribution in [-0.4, -0.2) is 6.54 Å². The molecule has 1 nitrogen and oxygen atoms in total. The van der Waals surface area contributed by atoms with Crippen LogP contribution in [0.4, 0.5) is 0 Å². The minimum absolute atomic E-state index is 0.533. The van der Waals surface area contributed by atoms with Gasteiger partial charge in [-0.05, 0) is 79.2 Å². The Labute approximate surface area is 138 Å². The summed E-state index contributed by atoms with van der Waals surface area (Å²) in [7, 11) is 0. The van der Waals surface area contributed by atoms with Crippen LogP contribution in [0.3, 0.4) is 0 Å². The Morgan fingerprint density at radius 1 is 1.20 bits per heavy atom. The first-order chi connectivity index (χ1) is 9.70. The first-order valence-electron chi connectivity index (χ1n) is 7.89. The first kappa shape index (κ1) is 13.8. The number of rotatable bonds is 4. The summed E-state index contributed by atoms with van der Waals surface area (Å²) in [5, 5.41) is 3.78. The van der Waals surface area contributed by atoms with Gasteiger partial charge in [0.25, 0.3) is 0 Å². The molecule has 3 heteroatoms. The molecule has 3 aliphatic carbocycles. The van der Waals surface area contributed by atoms with Gasteiger partial charge < -0.3 is 5.32 Å². The zero-order chi connectivity index (χ0) is 13.9. The maximum absolute atomic E-state index is 3.78. The lowest BCUT2D eigenvalue weighted by Crippen LogP contribution is -2.25. The zero-order valence-corrected chi connectivity index (χ0v) is 15.0. The molecule has 5 atom stereocenters. The minimum atomic E-state index is 0.533. The molecule has 0 amide bonds. The molecule has 0 aliphatic heterocycles. The molecule has 0 saturated heterocycles. The number of hydrogen-bond donors (Lipinski definition) is 1. The van der Waals surface area contributed by atoms with E-state index in [1.165, 1.54) is 33.8 Å². The molecule has 2 bridgehead atoms. The molecule has 0 radical (unpaired) electrons. The summed E-state index contributed by atoms with van der Waals surface area (Å²) < 4.78 is 2.44. The van der Waals surface area contributed by atoms with Crippen LogP contribution in [0.5, 0.6) is 0 Å². The van der Waals surface area contributed by atoms with E-state index in [-0.39, 0.29) is 0 Å². The molecule has 1 aromatic carbocycles. The molecule has 3 fully saturated rings. The predicted molar refractivity (Wildman–Crippen MR) is 89.6 cm³/mol. The monoisotopic (exact) mass is 397 g/mol. The van der Waals surface area contributed by atoms with Crippen LogP contribution < -0.4 is 5.32 Å². The highest BCUT2D eigenvalue weighted by Crippen LogP contribution is 2.72. The zero-order valence-electron chi connectivity index (χ0n) is 11.8. The number of benzene rings is 1. The summed E-state index contributed by atoms with van der Waals surface area (Å²) in [4.78, 5) is 0. The molecule has 0 heterocycles. The smallest absolute Gasteiger partial charge is 0.0365 e. The third kappa shape index (κ3) is 2.04. The van der Waals surface area contributed by atoms with Crippen molar-refractivity contribution in [3.05, 3.63) is 32.7 Å². The van der Waals surface area contributed by atoms with Crippen molar-refractivity contribution in [3.8, 4) is 0 Å². The summed E-state index contributed by atoms with van der Waals surface area (Å²) in [5.41, 5.74) is 1.44. The average Bonchev–Trinajstić information content (AvgIpc) is 2.86. The summed E-state index contributed by atoms with van der Waals surface area (Å²) in [6.45, 7) is 3.28. The van der Waals surface area contributed by atoms with Crippen LogP contribution >= 0.6 is 31.9 Å². The van der Waals surface area contributed by atoms with E-state index < -0.39 is 0 Å². The van der Waals surface area contributed by atoms with Gasteiger partial charge in [0.15, 0.2) is 0 Å². The van der Waals surface area contributed by atoms with Gasteiger partial charge in [-0.3, -0.25) is 0 Å². The lowest BCUT2D eigenvalue weighted by Gasteiger charge is -2.23. The van der Waals surface area contributed by atoms with Gasteiger partial charge in [-0.15, -0.1) is 0 Å². The molecule has 0 aromatic heterocycles. The van der Waals surface area contributed by atoms with Gasteiger partial charge in [0, 0.05) is 15.0 Å². The Hall–Kier alpha value is 0.140. The first-order valence-corrected chi connectivity index (χ1v) is 9.47. The van der Waals surface area contributed by atoms with Crippen LogP contribution in [0.25, 0.3) is 0 Å². The Bertz CT molecular complexity index is 514. The lowest BCUT2D eigenvalue weighted by atomic mass is 9.93. The van der Waals surface area contributed by atoms with E-state index in [0.29, 0.717) is 6.04 Å². The molecule has 0 spiro atoms. The quantitative estimate of drug-likeness (QED) is 0.738. The topological polar surface area (TPSA) is 12.0 Å². The highest BCUT2D eigenvalue weighted by Gasteiger charge is 2.66. The molecule has 20 heavy (non-hydrogen) atoms. The third-order valence-electron chi connectivity index (χ3n) is 5.90. The van der Waals surface area contributed by atoms with Gasteiger partial charge in [-0.2, -0.15) is 0 Å². The fraction of sp³-hybridized carbons (Fsp3) is 0.647. The van der Waals surface area contributed by atoms with Gasteiger partial charge >= 0.3 is 0 Å². The summed E-state index contributed by atoms with van der Waals surface area (Å²) in [5.74, 6) is 5.00. The molecule has 1 aromatic rings. The predicted octanol–water partition coefficient (Wildman–Crippen LogP) is 5.15. The van der Waals surface area contributed by atoms with Crippen molar-refractivity contribution in [1.82, 2.24) is 5.32 Å². The lowest BCUT2D eigenvalue weighted by molar-refractivity contribution is 0.374. The second-order valence-electron chi connectivity index (χ2n) is 6.77. The van der Waals surface area contributed by atoms with Crippen LogP contribution in [0.2, 0.25) is 0 Å². The summed E-state index contributed by atoms with van der Waals surface area (Å²) >= 11 is 7.40. The van der Waals surface area contributed by atoms with Crippen LogP contribution in [-0.2, 0) is 0 Å². The Kier molecular flexibility index (Phi) is 3.51. The molecule has 3 aliphatic rings. The number of hydrogen-bond acceptors (Lipinski definition) is 1. The van der Waals surface area contributed by atoms with Crippen molar-refractivity contribution in [2.24, 2.45) is 29.6 Å². The molecular weight excluding hydrogens is 378 g/mol. The van der Waals surface area contributed by atoms with Gasteiger partial charge in [0.2, 0.25) is 0 Å².